The largest absolute Gasteiger partial charge is 0.478 e. The van der Waals surface area contributed by atoms with Gasteiger partial charge in [-0.15, -0.1) is 0 Å². The zero-order chi connectivity index (χ0) is 8.85. The van der Waals surface area contributed by atoms with Gasteiger partial charge >= 0.3 is 5.97 Å². The number of allylic oxidation sites excluding steroid dienone is 1. The first-order chi connectivity index (χ1) is 5.07. The van der Waals surface area contributed by atoms with Crippen LogP contribution in [-0.2, 0) is 32.0 Å². The fraction of sp³-hybridized carbons (Fsp3) is 0.500. The molecule has 0 heterocycles. The number of aliphatic carboxylic acids is 1. The van der Waals surface area contributed by atoms with Gasteiger partial charge in [-0.1, -0.05) is 6.92 Å². The quantitative estimate of drug-likeness (QED) is 0.789. The minimum Gasteiger partial charge on any atom is -0.478 e. The van der Waals surface area contributed by atoms with Crippen molar-refractivity contribution in [2.24, 2.45) is 0 Å². The minimum atomic E-state index is -1.03. The van der Waals surface area contributed by atoms with Crippen molar-refractivity contribution in [1.29, 1.82) is 0 Å². The molecule has 0 unspecified atom stereocenters. The minimum absolute atomic E-state index is 0. The van der Waals surface area contributed by atoms with E-state index in [1.165, 1.54) is 13.0 Å². The predicted octanol–water partition coefficient (Wildman–Crippen LogP) is 1.38. The molecule has 0 spiro atoms. The molecule has 1 N–H and O–H groups in total. The molecule has 67 valence electrons. The first-order valence-electron chi connectivity index (χ1n) is 3.52. The number of ketones is 1. The van der Waals surface area contributed by atoms with E-state index in [-0.39, 0.29) is 33.7 Å². The van der Waals surface area contributed by atoms with Crippen LogP contribution in [0.5, 0.6) is 0 Å². The molecular formula is C8H12O3Ta. The smallest absolute Gasteiger partial charge is 0.331 e. The van der Waals surface area contributed by atoms with Gasteiger partial charge in [-0.05, 0) is 19.4 Å². The summed E-state index contributed by atoms with van der Waals surface area (Å²) in [7, 11) is 0. The Bertz CT molecular complexity index is 196. The molecule has 4 heteroatoms. The van der Waals surface area contributed by atoms with Crippen LogP contribution in [-0.4, -0.2) is 16.9 Å². The van der Waals surface area contributed by atoms with E-state index in [1.807, 2.05) is 6.92 Å². The first kappa shape index (κ1) is 14.2. The van der Waals surface area contributed by atoms with Crippen LogP contribution in [0.15, 0.2) is 11.6 Å². The summed E-state index contributed by atoms with van der Waals surface area (Å²) in [6, 6.07) is 0. The fourth-order valence-electron chi connectivity index (χ4n) is 0.622. The average molecular weight is 337 g/mol. The molecule has 0 rings (SSSR count). The standard InChI is InChI=1S/C8H12O3.Ta/c1-3-4-7(9)5-6(2)8(10)11;/h5H,3-4H2,1-2H3,(H,10,11);. The van der Waals surface area contributed by atoms with E-state index in [2.05, 4.69) is 0 Å². The van der Waals surface area contributed by atoms with E-state index in [0.717, 1.165) is 6.42 Å². The third-order valence-electron chi connectivity index (χ3n) is 1.21. The predicted molar refractivity (Wildman–Crippen MR) is 41.3 cm³/mol. The first-order valence-corrected chi connectivity index (χ1v) is 3.52. The summed E-state index contributed by atoms with van der Waals surface area (Å²) < 4.78 is 0. The molecule has 0 aliphatic heterocycles. The van der Waals surface area contributed by atoms with Crippen LogP contribution >= 0.6 is 0 Å². The molecule has 0 aliphatic rings. The van der Waals surface area contributed by atoms with Crippen molar-refractivity contribution in [1.82, 2.24) is 0 Å². The molecular weight excluding hydrogens is 325 g/mol. The zero-order valence-corrected chi connectivity index (χ0v) is 10.4. The molecule has 0 amide bonds. The average Bonchev–Trinajstić information content (AvgIpc) is 1.87. The van der Waals surface area contributed by atoms with Crippen molar-refractivity contribution in [3.63, 3.8) is 0 Å². The van der Waals surface area contributed by atoms with Gasteiger partial charge in [-0.2, -0.15) is 0 Å². The van der Waals surface area contributed by atoms with Crippen LogP contribution in [0.2, 0.25) is 0 Å². The van der Waals surface area contributed by atoms with E-state index >= 15 is 0 Å². The molecule has 1 radical (unpaired) electrons. The zero-order valence-electron chi connectivity index (χ0n) is 7.20. The SMILES string of the molecule is CCCC(=O)C=C(C)C(=O)O.[Ta]. The maximum Gasteiger partial charge on any atom is 0.331 e. The molecule has 0 atom stereocenters. The molecule has 0 aliphatic carbocycles. The Kier molecular flexibility index (Phi) is 8.59. The Hall–Kier alpha value is -0.380. The third-order valence-corrected chi connectivity index (χ3v) is 1.21. The van der Waals surface area contributed by atoms with Gasteiger partial charge in [-0.25, -0.2) is 4.79 Å². The van der Waals surface area contributed by atoms with E-state index in [0.29, 0.717) is 6.42 Å². The monoisotopic (exact) mass is 337 g/mol. The summed E-state index contributed by atoms with van der Waals surface area (Å²) in [4.78, 5) is 21.0. The second-order valence-corrected chi connectivity index (χ2v) is 2.35. The molecule has 3 nitrogen and oxygen atoms in total. The molecule has 0 saturated carbocycles. The Morgan fingerprint density at radius 1 is 1.42 bits per heavy atom. The molecule has 12 heavy (non-hydrogen) atoms. The summed E-state index contributed by atoms with van der Waals surface area (Å²) in [5.41, 5.74) is 0.100. The van der Waals surface area contributed by atoms with Gasteiger partial charge in [0.2, 0.25) is 0 Å². The Balaban J connectivity index is 0. The van der Waals surface area contributed by atoms with Crippen LogP contribution in [0.25, 0.3) is 0 Å². The molecule has 0 aromatic carbocycles. The van der Waals surface area contributed by atoms with Gasteiger partial charge in [-0.3, -0.25) is 4.79 Å². The number of hydrogen-bond acceptors (Lipinski definition) is 2. The second-order valence-electron chi connectivity index (χ2n) is 2.35. The molecule has 0 saturated heterocycles. The summed E-state index contributed by atoms with van der Waals surface area (Å²) >= 11 is 0. The Morgan fingerprint density at radius 3 is 2.25 bits per heavy atom. The molecule has 0 aromatic heterocycles. The number of hydrogen-bond donors (Lipinski definition) is 1. The van der Waals surface area contributed by atoms with Gasteiger partial charge < -0.3 is 5.11 Å². The summed E-state index contributed by atoms with van der Waals surface area (Å²) in [6.07, 6.45) is 2.35. The maximum absolute atomic E-state index is 10.8. The topological polar surface area (TPSA) is 54.4 Å². The summed E-state index contributed by atoms with van der Waals surface area (Å²) in [6.45, 7) is 3.29. The number of carboxylic acids is 1. The van der Waals surface area contributed by atoms with E-state index < -0.39 is 5.97 Å². The third kappa shape index (κ3) is 6.34. The second kappa shape index (κ2) is 7.28. The van der Waals surface area contributed by atoms with Crippen molar-refractivity contribution >= 4 is 11.8 Å². The van der Waals surface area contributed by atoms with E-state index in [1.54, 1.807) is 0 Å². The van der Waals surface area contributed by atoms with Crippen molar-refractivity contribution in [3.8, 4) is 0 Å². The Morgan fingerprint density at radius 2 is 1.92 bits per heavy atom. The molecule has 0 aromatic rings. The number of carbonyl (C=O) groups excluding carboxylic acids is 1. The van der Waals surface area contributed by atoms with Gasteiger partial charge in [0.25, 0.3) is 0 Å². The number of carbonyl (C=O) groups is 2. The summed E-state index contributed by atoms with van der Waals surface area (Å²) in [5.74, 6) is -1.15. The van der Waals surface area contributed by atoms with E-state index in [9.17, 15) is 9.59 Å². The molecule has 0 fully saturated rings. The van der Waals surface area contributed by atoms with Crippen molar-refractivity contribution < 1.29 is 37.1 Å². The van der Waals surface area contributed by atoms with Crippen molar-refractivity contribution in [2.45, 2.75) is 26.7 Å². The van der Waals surface area contributed by atoms with Crippen LogP contribution in [0, 0.1) is 0 Å². The maximum atomic E-state index is 10.8. The molecule has 0 bridgehead atoms. The normalized spacial score (nSPS) is 10.3. The Labute approximate surface area is 87.4 Å². The number of carboxylic acid groups (broad SMARTS) is 1. The van der Waals surface area contributed by atoms with Gasteiger partial charge in [0, 0.05) is 34.4 Å². The van der Waals surface area contributed by atoms with Crippen LogP contribution in [0.4, 0.5) is 0 Å². The fourth-order valence-corrected chi connectivity index (χ4v) is 0.622. The van der Waals surface area contributed by atoms with Crippen molar-refractivity contribution in [3.05, 3.63) is 11.6 Å². The van der Waals surface area contributed by atoms with Gasteiger partial charge in [0.1, 0.15) is 0 Å². The van der Waals surface area contributed by atoms with E-state index in [4.69, 9.17) is 5.11 Å². The van der Waals surface area contributed by atoms with Crippen LogP contribution in [0.1, 0.15) is 26.7 Å². The summed E-state index contributed by atoms with van der Waals surface area (Å²) in [5, 5.41) is 8.38. The van der Waals surface area contributed by atoms with Crippen molar-refractivity contribution in [2.75, 3.05) is 0 Å². The van der Waals surface area contributed by atoms with Gasteiger partial charge in [0.15, 0.2) is 5.78 Å². The van der Waals surface area contributed by atoms with Gasteiger partial charge in [0.05, 0.1) is 0 Å². The van der Waals surface area contributed by atoms with Crippen LogP contribution in [0.3, 0.4) is 0 Å². The van der Waals surface area contributed by atoms with Crippen LogP contribution < -0.4 is 0 Å². The number of rotatable bonds is 4.